The molecule has 1 aliphatic heterocycles. The summed E-state index contributed by atoms with van der Waals surface area (Å²) in [6, 6.07) is 2.95. The summed E-state index contributed by atoms with van der Waals surface area (Å²) in [5, 5.41) is 5.88. The van der Waals surface area contributed by atoms with Crippen LogP contribution in [0.3, 0.4) is 0 Å². The summed E-state index contributed by atoms with van der Waals surface area (Å²) < 4.78 is 26.1. The number of carbonyl (C=O) groups excluding carboxylic acids is 1. The molecule has 4 nitrogen and oxygen atoms in total. The van der Waals surface area contributed by atoms with Crippen molar-refractivity contribution in [3.63, 3.8) is 0 Å². The zero-order valence-electron chi connectivity index (χ0n) is 10.6. The number of nitrogens with one attached hydrogen (secondary N) is 2. The van der Waals surface area contributed by atoms with Gasteiger partial charge in [0.15, 0.2) is 0 Å². The Labute approximate surface area is 110 Å². The highest BCUT2D eigenvalue weighted by Gasteiger charge is 2.13. The normalized spacial score (nSPS) is 16.3. The SMILES string of the molecule is O=C(NCCN1CCNCC1)c1ccc(F)cc1F. The van der Waals surface area contributed by atoms with Crippen molar-refractivity contribution in [1.29, 1.82) is 0 Å². The van der Waals surface area contributed by atoms with Crippen molar-refractivity contribution in [2.24, 2.45) is 0 Å². The van der Waals surface area contributed by atoms with Crippen LogP contribution in [0.2, 0.25) is 0 Å². The molecular weight excluding hydrogens is 252 g/mol. The standard InChI is InChI=1S/C13H17F2N3O/c14-10-1-2-11(12(15)9-10)13(19)17-5-8-18-6-3-16-4-7-18/h1-2,9,16H,3-8H2,(H,17,19). The molecule has 0 atom stereocenters. The minimum Gasteiger partial charge on any atom is -0.351 e. The highest BCUT2D eigenvalue weighted by Crippen LogP contribution is 2.09. The number of nitrogens with zero attached hydrogens (tertiary/aromatic N) is 1. The smallest absolute Gasteiger partial charge is 0.254 e. The molecule has 1 heterocycles. The highest BCUT2D eigenvalue weighted by atomic mass is 19.1. The van der Waals surface area contributed by atoms with Gasteiger partial charge in [-0.15, -0.1) is 0 Å². The maximum absolute atomic E-state index is 13.4. The van der Waals surface area contributed by atoms with Crippen LogP contribution in [0.5, 0.6) is 0 Å². The molecule has 1 aliphatic rings. The molecule has 0 spiro atoms. The van der Waals surface area contributed by atoms with Gasteiger partial charge in [-0.3, -0.25) is 9.69 Å². The van der Waals surface area contributed by atoms with Crippen molar-refractivity contribution in [2.75, 3.05) is 39.3 Å². The van der Waals surface area contributed by atoms with E-state index in [4.69, 9.17) is 0 Å². The van der Waals surface area contributed by atoms with Gasteiger partial charge >= 0.3 is 0 Å². The minimum absolute atomic E-state index is 0.123. The van der Waals surface area contributed by atoms with E-state index in [1.165, 1.54) is 0 Å². The summed E-state index contributed by atoms with van der Waals surface area (Å²) >= 11 is 0. The first kappa shape index (κ1) is 13.9. The van der Waals surface area contributed by atoms with E-state index in [9.17, 15) is 13.6 Å². The summed E-state index contributed by atoms with van der Waals surface area (Å²) in [5.41, 5.74) is -0.123. The molecule has 6 heteroatoms. The number of halogens is 2. The molecule has 104 valence electrons. The van der Waals surface area contributed by atoms with Crippen molar-refractivity contribution < 1.29 is 13.6 Å². The topological polar surface area (TPSA) is 44.4 Å². The van der Waals surface area contributed by atoms with E-state index in [1.807, 2.05) is 0 Å². The van der Waals surface area contributed by atoms with Crippen LogP contribution in [0.15, 0.2) is 18.2 Å². The van der Waals surface area contributed by atoms with E-state index < -0.39 is 17.5 Å². The molecule has 1 amide bonds. The predicted octanol–water partition coefficient (Wildman–Crippen LogP) is 0.600. The number of hydrogen-bond acceptors (Lipinski definition) is 3. The van der Waals surface area contributed by atoms with Crippen molar-refractivity contribution in [3.8, 4) is 0 Å². The maximum Gasteiger partial charge on any atom is 0.254 e. The van der Waals surface area contributed by atoms with E-state index in [2.05, 4.69) is 15.5 Å². The lowest BCUT2D eigenvalue weighted by atomic mass is 10.2. The molecule has 19 heavy (non-hydrogen) atoms. The van der Waals surface area contributed by atoms with Crippen LogP contribution in [0.1, 0.15) is 10.4 Å². The van der Waals surface area contributed by atoms with Gasteiger partial charge in [-0.1, -0.05) is 0 Å². The van der Waals surface area contributed by atoms with Crippen LogP contribution in [-0.4, -0.2) is 50.1 Å². The van der Waals surface area contributed by atoms with E-state index in [-0.39, 0.29) is 5.56 Å². The molecule has 0 aliphatic carbocycles. The van der Waals surface area contributed by atoms with Crippen LogP contribution in [-0.2, 0) is 0 Å². The fraction of sp³-hybridized carbons (Fsp3) is 0.462. The fourth-order valence-electron chi connectivity index (χ4n) is 2.03. The van der Waals surface area contributed by atoms with Gasteiger partial charge in [0.25, 0.3) is 5.91 Å². The first-order chi connectivity index (χ1) is 9.16. The third-order valence-corrected chi connectivity index (χ3v) is 3.10. The van der Waals surface area contributed by atoms with Crippen LogP contribution in [0, 0.1) is 11.6 Å². The summed E-state index contributed by atoms with van der Waals surface area (Å²) in [4.78, 5) is 13.9. The molecule has 1 aromatic rings. The summed E-state index contributed by atoms with van der Waals surface area (Å²) in [6.45, 7) is 4.97. The zero-order valence-corrected chi connectivity index (χ0v) is 10.6. The van der Waals surface area contributed by atoms with Gasteiger partial charge in [0.1, 0.15) is 11.6 Å². The lowest BCUT2D eigenvalue weighted by molar-refractivity contribution is 0.0943. The maximum atomic E-state index is 13.4. The quantitative estimate of drug-likeness (QED) is 0.841. The second-order valence-corrected chi connectivity index (χ2v) is 4.47. The first-order valence-corrected chi connectivity index (χ1v) is 6.33. The largest absolute Gasteiger partial charge is 0.351 e. The molecule has 0 bridgehead atoms. The van der Waals surface area contributed by atoms with Crippen LogP contribution in [0.25, 0.3) is 0 Å². The second-order valence-electron chi connectivity index (χ2n) is 4.47. The molecule has 1 saturated heterocycles. The molecule has 0 aromatic heterocycles. The van der Waals surface area contributed by atoms with Gasteiger partial charge in [-0.05, 0) is 12.1 Å². The lowest BCUT2D eigenvalue weighted by Gasteiger charge is -2.27. The third-order valence-electron chi connectivity index (χ3n) is 3.10. The van der Waals surface area contributed by atoms with E-state index in [0.717, 1.165) is 44.9 Å². The second kappa shape index (κ2) is 6.58. The number of piperazine rings is 1. The number of benzene rings is 1. The van der Waals surface area contributed by atoms with Crippen LogP contribution < -0.4 is 10.6 Å². The Morgan fingerprint density at radius 3 is 2.74 bits per heavy atom. The van der Waals surface area contributed by atoms with Crippen molar-refractivity contribution in [1.82, 2.24) is 15.5 Å². The summed E-state index contributed by atoms with van der Waals surface area (Å²) in [5.74, 6) is -2.03. The highest BCUT2D eigenvalue weighted by molar-refractivity contribution is 5.94. The Balaban J connectivity index is 1.80. The van der Waals surface area contributed by atoms with Crippen molar-refractivity contribution >= 4 is 5.91 Å². The van der Waals surface area contributed by atoms with Gasteiger partial charge in [-0.2, -0.15) is 0 Å². The molecular formula is C13H17F2N3O. The average Bonchev–Trinajstić information content (AvgIpc) is 2.39. The number of amides is 1. The molecule has 2 rings (SSSR count). The Bertz CT molecular complexity index is 448. The summed E-state index contributed by atoms with van der Waals surface area (Å²) in [6.07, 6.45) is 0. The van der Waals surface area contributed by atoms with E-state index in [0.29, 0.717) is 12.6 Å². The minimum atomic E-state index is -0.834. The van der Waals surface area contributed by atoms with Crippen LogP contribution >= 0.6 is 0 Å². The zero-order chi connectivity index (χ0) is 13.7. The van der Waals surface area contributed by atoms with Gasteiger partial charge in [0.2, 0.25) is 0 Å². The van der Waals surface area contributed by atoms with Gasteiger partial charge < -0.3 is 10.6 Å². The number of carbonyl (C=O) groups is 1. The van der Waals surface area contributed by atoms with Gasteiger partial charge in [0.05, 0.1) is 5.56 Å². The number of rotatable bonds is 4. The number of hydrogen-bond donors (Lipinski definition) is 2. The lowest BCUT2D eigenvalue weighted by Crippen LogP contribution is -2.46. The molecule has 1 fully saturated rings. The van der Waals surface area contributed by atoms with E-state index >= 15 is 0 Å². The Kier molecular flexibility index (Phi) is 4.81. The summed E-state index contributed by atoms with van der Waals surface area (Å²) in [7, 11) is 0. The fourth-order valence-corrected chi connectivity index (χ4v) is 2.03. The molecule has 1 aromatic carbocycles. The predicted molar refractivity (Wildman–Crippen MR) is 68.0 cm³/mol. The molecule has 0 radical (unpaired) electrons. The molecule has 2 N–H and O–H groups in total. The Morgan fingerprint density at radius 2 is 2.05 bits per heavy atom. The Hall–Kier alpha value is -1.53. The Morgan fingerprint density at radius 1 is 1.32 bits per heavy atom. The molecule has 0 unspecified atom stereocenters. The van der Waals surface area contributed by atoms with Crippen molar-refractivity contribution in [2.45, 2.75) is 0 Å². The average molecular weight is 269 g/mol. The monoisotopic (exact) mass is 269 g/mol. The van der Waals surface area contributed by atoms with E-state index in [1.54, 1.807) is 0 Å². The third kappa shape index (κ3) is 3.97. The first-order valence-electron chi connectivity index (χ1n) is 6.33. The van der Waals surface area contributed by atoms with Crippen molar-refractivity contribution in [3.05, 3.63) is 35.4 Å². The van der Waals surface area contributed by atoms with Gasteiger partial charge in [-0.25, -0.2) is 8.78 Å². The van der Waals surface area contributed by atoms with Gasteiger partial charge in [0, 0.05) is 45.3 Å². The van der Waals surface area contributed by atoms with Crippen LogP contribution in [0.4, 0.5) is 8.78 Å². The molecule has 0 saturated carbocycles.